The van der Waals surface area contributed by atoms with E-state index in [-0.39, 0.29) is 24.5 Å². The molecule has 10 heteroatoms. The van der Waals surface area contributed by atoms with Crippen LogP contribution >= 0.6 is 0 Å². The average Bonchev–Trinajstić information content (AvgIpc) is 3.46. The molecule has 2 bridgehead atoms. The predicted molar refractivity (Wildman–Crippen MR) is 151 cm³/mol. The van der Waals surface area contributed by atoms with Gasteiger partial charge in [0.25, 0.3) is 0 Å². The zero-order valence-corrected chi connectivity index (χ0v) is 26.2. The molecular formula is C33H42O10. The minimum Gasteiger partial charge on any atom is -0.472 e. The summed E-state index contributed by atoms with van der Waals surface area (Å²) in [6, 6.07) is 1.77. The Morgan fingerprint density at radius 2 is 1.81 bits per heavy atom. The number of ketones is 1. The highest BCUT2D eigenvalue weighted by Crippen LogP contribution is 2.70. The monoisotopic (exact) mass is 598 g/mol. The van der Waals surface area contributed by atoms with E-state index in [0.29, 0.717) is 12.8 Å². The van der Waals surface area contributed by atoms with Gasteiger partial charge < -0.3 is 23.4 Å². The Morgan fingerprint density at radius 1 is 1.12 bits per heavy atom. The third kappa shape index (κ3) is 4.46. The summed E-state index contributed by atoms with van der Waals surface area (Å²) in [4.78, 5) is 67.0. The number of cyclic esters (lactones) is 1. The number of rotatable bonds is 6. The van der Waals surface area contributed by atoms with Gasteiger partial charge >= 0.3 is 23.9 Å². The topological polar surface area (TPSA) is 135 Å². The summed E-state index contributed by atoms with van der Waals surface area (Å²) in [5, 5.41) is 0. The lowest BCUT2D eigenvalue weighted by molar-refractivity contribution is -0.258. The lowest BCUT2D eigenvalue weighted by Gasteiger charge is -2.68. The molecule has 10 nitrogen and oxygen atoms in total. The Labute approximate surface area is 251 Å². The van der Waals surface area contributed by atoms with Gasteiger partial charge in [-0.1, -0.05) is 41.5 Å². The Kier molecular flexibility index (Phi) is 7.45. The number of Topliss-reactive ketones (excluding diaryl/α,β-unsaturated/α-hetero) is 1. The quantitative estimate of drug-likeness (QED) is 0.328. The van der Waals surface area contributed by atoms with Crippen LogP contribution in [0.2, 0.25) is 0 Å². The first-order chi connectivity index (χ1) is 20.0. The summed E-state index contributed by atoms with van der Waals surface area (Å²) in [5.41, 5.74) is -3.13. The number of furan rings is 1. The zero-order valence-electron chi connectivity index (χ0n) is 26.2. The molecule has 0 spiro atoms. The van der Waals surface area contributed by atoms with E-state index in [4.69, 9.17) is 23.4 Å². The van der Waals surface area contributed by atoms with Gasteiger partial charge in [0, 0.05) is 47.6 Å². The fourth-order valence-corrected chi connectivity index (χ4v) is 9.10. The van der Waals surface area contributed by atoms with Gasteiger partial charge in [0.15, 0.2) is 11.9 Å². The van der Waals surface area contributed by atoms with Crippen molar-refractivity contribution >= 4 is 29.7 Å². The molecule has 3 fully saturated rings. The Balaban J connectivity index is 1.74. The van der Waals surface area contributed by atoms with E-state index in [2.05, 4.69) is 0 Å². The summed E-state index contributed by atoms with van der Waals surface area (Å²) in [5.74, 6) is -4.47. The van der Waals surface area contributed by atoms with E-state index >= 15 is 0 Å². The fourth-order valence-electron chi connectivity index (χ4n) is 9.10. The Morgan fingerprint density at radius 3 is 2.40 bits per heavy atom. The molecule has 3 saturated carbocycles. The molecule has 8 atom stereocenters. The molecule has 0 radical (unpaired) electrons. The molecule has 234 valence electrons. The van der Waals surface area contributed by atoms with Gasteiger partial charge in [-0.15, -0.1) is 0 Å². The van der Waals surface area contributed by atoms with E-state index in [9.17, 15) is 24.0 Å². The van der Waals surface area contributed by atoms with Crippen LogP contribution in [0.25, 0.3) is 0 Å². The van der Waals surface area contributed by atoms with Crippen molar-refractivity contribution in [1.29, 1.82) is 0 Å². The number of hydrogen-bond acceptors (Lipinski definition) is 10. The molecule has 0 amide bonds. The summed E-state index contributed by atoms with van der Waals surface area (Å²) in [6.45, 7) is 12.2. The zero-order chi connectivity index (χ0) is 31.7. The molecule has 3 aliphatic carbocycles. The van der Waals surface area contributed by atoms with E-state index in [1.54, 1.807) is 26.2 Å². The van der Waals surface area contributed by atoms with E-state index < -0.39 is 75.7 Å². The summed E-state index contributed by atoms with van der Waals surface area (Å²) in [6.07, 6.45) is 3.92. The lowest BCUT2D eigenvalue weighted by atomic mass is 9.37. The Hall–Kier alpha value is -3.43. The highest BCUT2D eigenvalue weighted by atomic mass is 16.6. The van der Waals surface area contributed by atoms with Crippen LogP contribution in [0, 0.1) is 39.9 Å². The van der Waals surface area contributed by atoms with Crippen molar-refractivity contribution in [1.82, 2.24) is 0 Å². The van der Waals surface area contributed by atoms with E-state index in [0.717, 1.165) is 11.1 Å². The van der Waals surface area contributed by atoms with Gasteiger partial charge in [0.1, 0.15) is 6.10 Å². The normalized spacial score (nSPS) is 37.8. The molecule has 5 rings (SSSR count). The van der Waals surface area contributed by atoms with Crippen LogP contribution < -0.4 is 0 Å². The van der Waals surface area contributed by atoms with Crippen LogP contribution in [0.1, 0.15) is 85.8 Å². The molecule has 1 aromatic heterocycles. The standard InChI is InChI=1S/C33H42O10/c1-17(2)27(37)42-29-30(4,5)23(14-24(35)39-8)32(7)21-9-11-31(6)22(13-25(36)41-26(31)19-10-12-40-16-19)20(21)15-33(29,28(32)38)43-18(3)34/h10,12-13,16-17,20-21,23,26,29H,9,11,14-15H2,1-8H3/t20-,21-,23-,26-,29-,31+,32+,33-/m0/s1. The summed E-state index contributed by atoms with van der Waals surface area (Å²) in [7, 11) is 1.30. The van der Waals surface area contributed by atoms with Crippen molar-refractivity contribution in [2.45, 2.75) is 92.0 Å². The van der Waals surface area contributed by atoms with Crippen LogP contribution in [-0.2, 0) is 42.9 Å². The molecule has 0 saturated heterocycles. The van der Waals surface area contributed by atoms with Gasteiger partial charge in [-0.05, 0) is 42.2 Å². The van der Waals surface area contributed by atoms with Crippen molar-refractivity contribution in [3.8, 4) is 0 Å². The van der Waals surface area contributed by atoms with Gasteiger partial charge in [-0.25, -0.2) is 4.79 Å². The summed E-state index contributed by atoms with van der Waals surface area (Å²) < 4.78 is 28.5. The maximum absolute atomic E-state index is 15.0. The van der Waals surface area contributed by atoms with Gasteiger partial charge in [0.05, 0.1) is 25.6 Å². The van der Waals surface area contributed by atoms with Crippen molar-refractivity contribution in [3.05, 3.63) is 35.8 Å². The third-order valence-electron chi connectivity index (χ3n) is 11.0. The predicted octanol–water partition coefficient (Wildman–Crippen LogP) is 4.90. The molecule has 0 unspecified atom stereocenters. The highest BCUT2D eigenvalue weighted by Gasteiger charge is 2.77. The molecule has 1 aromatic rings. The van der Waals surface area contributed by atoms with Gasteiger partial charge in [0.2, 0.25) is 5.60 Å². The SMILES string of the molecule is COC(=O)C[C@H]1C(C)(C)[C@H](OC(=O)C(C)C)[C@]2(OC(C)=O)C[C@@H]3C4=CC(=O)O[C@@H](c5ccoc5)[C@]4(C)CC[C@@H]3[C@@]1(C)C2=O. The minimum absolute atomic E-state index is 0.0307. The lowest BCUT2D eigenvalue weighted by Crippen LogP contribution is -2.77. The number of esters is 4. The molecule has 0 N–H and O–H groups in total. The van der Waals surface area contributed by atoms with E-state index in [1.165, 1.54) is 26.4 Å². The largest absolute Gasteiger partial charge is 0.472 e. The van der Waals surface area contributed by atoms with Gasteiger partial charge in [-0.2, -0.15) is 0 Å². The molecule has 43 heavy (non-hydrogen) atoms. The van der Waals surface area contributed by atoms with Crippen molar-refractivity contribution in [2.24, 2.45) is 39.9 Å². The van der Waals surface area contributed by atoms with Crippen LogP contribution in [-0.4, -0.2) is 48.5 Å². The summed E-state index contributed by atoms with van der Waals surface area (Å²) >= 11 is 0. The number of carbonyl (C=O) groups excluding carboxylic acids is 5. The number of ether oxygens (including phenoxy) is 4. The molecule has 4 aliphatic rings. The minimum atomic E-state index is -1.84. The van der Waals surface area contributed by atoms with Crippen LogP contribution in [0.3, 0.4) is 0 Å². The maximum Gasteiger partial charge on any atom is 0.331 e. The van der Waals surface area contributed by atoms with Crippen LogP contribution in [0.5, 0.6) is 0 Å². The maximum atomic E-state index is 15.0. The second-order valence-corrected chi connectivity index (χ2v) is 14.1. The Bertz CT molecular complexity index is 1370. The van der Waals surface area contributed by atoms with Gasteiger partial charge in [-0.3, -0.25) is 19.2 Å². The van der Waals surface area contributed by atoms with Crippen LogP contribution in [0.4, 0.5) is 0 Å². The smallest absolute Gasteiger partial charge is 0.331 e. The fraction of sp³-hybridized carbons (Fsp3) is 0.667. The first-order valence-corrected chi connectivity index (χ1v) is 15.0. The number of methoxy groups -OCH3 is 1. The second-order valence-electron chi connectivity index (χ2n) is 14.1. The molecule has 0 aromatic carbocycles. The van der Waals surface area contributed by atoms with Crippen molar-refractivity contribution in [3.63, 3.8) is 0 Å². The number of hydrogen-bond donors (Lipinski definition) is 0. The highest BCUT2D eigenvalue weighted by molar-refractivity contribution is 5.98. The second kappa shape index (κ2) is 10.3. The van der Waals surface area contributed by atoms with E-state index in [1.807, 2.05) is 27.7 Å². The van der Waals surface area contributed by atoms with Crippen molar-refractivity contribution in [2.75, 3.05) is 7.11 Å². The van der Waals surface area contributed by atoms with Crippen molar-refractivity contribution < 1.29 is 47.3 Å². The van der Waals surface area contributed by atoms with Crippen LogP contribution in [0.15, 0.2) is 34.7 Å². The number of fused-ring (bicyclic) bond motifs is 6. The first-order valence-electron chi connectivity index (χ1n) is 15.0. The molecule has 2 heterocycles. The molecule has 1 aliphatic heterocycles. The first kappa shape index (κ1) is 31.0. The number of carbonyl (C=O) groups is 5. The third-order valence-corrected chi connectivity index (χ3v) is 11.0. The average molecular weight is 599 g/mol. The molecular weight excluding hydrogens is 556 g/mol.